The van der Waals surface area contributed by atoms with Crippen LogP contribution < -0.4 is 14.8 Å². The number of carbonyl (C=O) groups excluding carboxylic acids is 1. The Labute approximate surface area is 170 Å². The minimum absolute atomic E-state index is 0.00819. The lowest BCUT2D eigenvalue weighted by atomic mass is 10.00. The van der Waals surface area contributed by atoms with Gasteiger partial charge < -0.3 is 19.4 Å². The maximum absolute atomic E-state index is 12.5. The number of para-hydroxylation sites is 1. The summed E-state index contributed by atoms with van der Waals surface area (Å²) in [5, 5.41) is 3.15. The predicted molar refractivity (Wildman–Crippen MR) is 111 cm³/mol. The Morgan fingerprint density at radius 2 is 2.17 bits per heavy atom. The third-order valence-corrected chi connectivity index (χ3v) is 5.17. The lowest BCUT2D eigenvalue weighted by Crippen LogP contribution is -2.32. The fourth-order valence-electron chi connectivity index (χ4n) is 3.66. The summed E-state index contributed by atoms with van der Waals surface area (Å²) in [4.78, 5) is 16.8. The van der Waals surface area contributed by atoms with E-state index in [1.165, 1.54) is 0 Å². The van der Waals surface area contributed by atoms with Gasteiger partial charge in [-0.05, 0) is 37.1 Å². The number of hydrogen-bond acceptors (Lipinski definition) is 4. The molecule has 1 amide bonds. The van der Waals surface area contributed by atoms with Crippen molar-refractivity contribution in [1.82, 2.24) is 14.9 Å². The molecule has 1 aromatic heterocycles. The number of aryl methyl sites for hydroxylation is 2. The molecule has 0 radical (unpaired) electrons. The molecule has 1 N–H and O–H groups in total. The van der Waals surface area contributed by atoms with E-state index in [1.807, 2.05) is 60.2 Å². The van der Waals surface area contributed by atoms with Crippen molar-refractivity contribution in [1.29, 1.82) is 0 Å². The number of benzene rings is 2. The number of rotatable bonds is 6. The van der Waals surface area contributed by atoms with E-state index in [9.17, 15) is 4.79 Å². The minimum atomic E-state index is 0.00819. The molecule has 0 saturated heterocycles. The summed E-state index contributed by atoms with van der Waals surface area (Å²) >= 11 is 0. The van der Waals surface area contributed by atoms with Crippen molar-refractivity contribution < 1.29 is 14.3 Å². The number of aromatic nitrogens is 2. The summed E-state index contributed by atoms with van der Waals surface area (Å²) in [6, 6.07) is 13.9. The van der Waals surface area contributed by atoms with Crippen LogP contribution in [0, 0.1) is 6.92 Å². The zero-order valence-electron chi connectivity index (χ0n) is 16.7. The molecule has 0 aliphatic carbocycles. The third kappa shape index (κ3) is 4.26. The van der Waals surface area contributed by atoms with Gasteiger partial charge in [-0.25, -0.2) is 4.98 Å². The van der Waals surface area contributed by atoms with Crippen LogP contribution in [0.5, 0.6) is 11.5 Å². The van der Waals surface area contributed by atoms with E-state index in [0.717, 1.165) is 40.4 Å². The van der Waals surface area contributed by atoms with E-state index < -0.39 is 0 Å². The molecule has 1 aliphatic heterocycles. The van der Waals surface area contributed by atoms with Gasteiger partial charge in [-0.2, -0.15) is 0 Å². The average molecular weight is 391 g/mol. The highest BCUT2D eigenvalue weighted by Gasteiger charge is 2.22. The first-order valence-corrected chi connectivity index (χ1v) is 9.83. The molecule has 6 heteroatoms. The minimum Gasteiger partial charge on any atom is -0.495 e. The molecular weight excluding hydrogens is 366 g/mol. The van der Waals surface area contributed by atoms with Gasteiger partial charge in [-0.1, -0.05) is 24.3 Å². The van der Waals surface area contributed by atoms with Gasteiger partial charge in [-0.3, -0.25) is 4.79 Å². The second-order valence-corrected chi connectivity index (χ2v) is 7.22. The first kappa shape index (κ1) is 19.1. The van der Waals surface area contributed by atoms with Crippen molar-refractivity contribution in [3.63, 3.8) is 0 Å². The largest absolute Gasteiger partial charge is 0.495 e. The fourth-order valence-corrected chi connectivity index (χ4v) is 3.66. The van der Waals surface area contributed by atoms with E-state index in [4.69, 9.17) is 9.47 Å². The molecule has 0 bridgehead atoms. The quantitative estimate of drug-likeness (QED) is 0.695. The molecule has 150 valence electrons. The van der Waals surface area contributed by atoms with E-state index in [2.05, 4.69) is 10.3 Å². The highest BCUT2D eigenvalue weighted by atomic mass is 16.5. The number of methoxy groups -OCH3 is 1. The Morgan fingerprint density at radius 3 is 2.97 bits per heavy atom. The van der Waals surface area contributed by atoms with E-state index in [-0.39, 0.29) is 11.9 Å². The van der Waals surface area contributed by atoms with Gasteiger partial charge in [0.1, 0.15) is 11.5 Å². The van der Waals surface area contributed by atoms with Gasteiger partial charge in [0.05, 0.1) is 37.5 Å². The third-order valence-electron chi connectivity index (χ3n) is 5.17. The number of nitrogens with one attached hydrogen (secondary N) is 1. The van der Waals surface area contributed by atoms with E-state index in [1.54, 1.807) is 13.4 Å². The normalized spacial score (nSPS) is 15.3. The molecule has 1 atom stereocenters. The SMILES string of the molecule is COc1cc(CCC(=O)N[C@@H]2CCOc3ccccc32)ccc1-n1cnc(C)c1. The molecule has 6 nitrogen and oxygen atoms in total. The number of carbonyl (C=O) groups is 1. The molecule has 0 fully saturated rings. The molecule has 1 aliphatic rings. The van der Waals surface area contributed by atoms with Crippen LogP contribution in [-0.4, -0.2) is 29.2 Å². The second-order valence-electron chi connectivity index (χ2n) is 7.22. The van der Waals surface area contributed by atoms with Gasteiger partial charge in [0.2, 0.25) is 5.91 Å². The lowest BCUT2D eigenvalue weighted by molar-refractivity contribution is -0.122. The Bertz CT molecular complexity index is 1010. The summed E-state index contributed by atoms with van der Waals surface area (Å²) in [6.07, 6.45) is 5.58. The summed E-state index contributed by atoms with van der Waals surface area (Å²) in [5.74, 6) is 1.66. The number of amides is 1. The number of fused-ring (bicyclic) bond motifs is 1. The van der Waals surface area contributed by atoms with Gasteiger partial charge in [0, 0.05) is 24.6 Å². The molecule has 4 rings (SSSR count). The van der Waals surface area contributed by atoms with Crippen LogP contribution in [0.2, 0.25) is 0 Å². The Kier molecular flexibility index (Phi) is 5.51. The van der Waals surface area contributed by atoms with Gasteiger partial charge in [-0.15, -0.1) is 0 Å². The van der Waals surface area contributed by atoms with Crippen LogP contribution in [0.25, 0.3) is 5.69 Å². The lowest BCUT2D eigenvalue weighted by Gasteiger charge is -2.26. The monoisotopic (exact) mass is 391 g/mol. The highest BCUT2D eigenvalue weighted by molar-refractivity contribution is 5.77. The number of ether oxygens (including phenoxy) is 2. The standard InChI is InChI=1S/C23H25N3O3/c1-16-14-26(15-24-16)20-9-7-17(13-22(20)28-2)8-10-23(27)25-19-11-12-29-21-6-4-3-5-18(19)21/h3-7,9,13-15,19H,8,10-12H2,1-2H3,(H,25,27)/t19-/m1/s1. The van der Waals surface area contributed by atoms with Crippen LogP contribution in [0.3, 0.4) is 0 Å². The fraction of sp³-hybridized carbons (Fsp3) is 0.304. The second kappa shape index (κ2) is 8.39. The van der Waals surface area contributed by atoms with Crippen LogP contribution in [0.1, 0.15) is 35.7 Å². The molecule has 0 spiro atoms. The van der Waals surface area contributed by atoms with Gasteiger partial charge >= 0.3 is 0 Å². The first-order chi connectivity index (χ1) is 14.1. The van der Waals surface area contributed by atoms with E-state index in [0.29, 0.717) is 19.4 Å². The summed E-state index contributed by atoms with van der Waals surface area (Å²) < 4.78 is 13.2. The summed E-state index contributed by atoms with van der Waals surface area (Å²) in [6.45, 7) is 2.57. The van der Waals surface area contributed by atoms with Crippen molar-refractivity contribution >= 4 is 5.91 Å². The van der Waals surface area contributed by atoms with Crippen LogP contribution in [0.4, 0.5) is 0 Å². The zero-order chi connectivity index (χ0) is 20.2. The molecule has 0 saturated carbocycles. The number of nitrogens with zero attached hydrogens (tertiary/aromatic N) is 2. The van der Waals surface area contributed by atoms with Crippen LogP contribution in [-0.2, 0) is 11.2 Å². The summed E-state index contributed by atoms with van der Waals surface area (Å²) in [7, 11) is 1.65. The molecule has 2 aromatic carbocycles. The highest BCUT2D eigenvalue weighted by Crippen LogP contribution is 2.31. The molecule has 0 unspecified atom stereocenters. The predicted octanol–water partition coefficient (Wildman–Crippen LogP) is 3.76. The average Bonchev–Trinajstić information content (AvgIpc) is 3.18. The molecule has 3 aromatic rings. The van der Waals surface area contributed by atoms with Gasteiger partial charge in [0.25, 0.3) is 0 Å². The van der Waals surface area contributed by atoms with Crippen molar-refractivity contribution in [2.75, 3.05) is 13.7 Å². The van der Waals surface area contributed by atoms with E-state index >= 15 is 0 Å². The topological polar surface area (TPSA) is 65.4 Å². The van der Waals surface area contributed by atoms with Crippen molar-refractivity contribution in [3.05, 3.63) is 71.8 Å². The maximum atomic E-state index is 12.5. The Hall–Kier alpha value is -3.28. The van der Waals surface area contributed by atoms with Crippen LogP contribution >= 0.6 is 0 Å². The number of imidazole rings is 1. The molecule has 29 heavy (non-hydrogen) atoms. The van der Waals surface area contributed by atoms with Crippen molar-refractivity contribution in [2.24, 2.45) is 0 Å². The van der Waals surface area contributed by atoms with Crippen LogP contribution in [0.15, 0.2) is 55.0 Å². The molecule has 2 heterocycles. The molecular formula is C23H25N3O3. The maximum Gasteiger partial charge on any atom is 0.220 e. The first-order valence-electron chi connectivity index (χ1n) is 9.83. The Balaban J connectivity index is 1.40. The smallest absolute Gasteiger partial charge is 0.220 e. The summed E-state index contributed by atoms with van der Waals surface area (Å²) in [5.41, 5.74) is 3.99. The zero-order valence-corrected chi connectivity index (χ0v) is 16.7. The number of hydrogen-bond donors (Lipinski definition) is 1. The van der Waals surface area contributed by atoms with Gasteiger partial charge in [0.15, 0.2) is 0 Å². The van der Waals surface area contributed by atoms with Crippen molar-refractivity contribution in [3.8, 4) is 17.2 Å². The van der Waals surface area contributed by atoms with Crippen molar-refractivity contribution in [2.45, 2.75) is 32.2 Å². The Morgan fingerprint density at radius 1 is 1.31 bits per heavy atom.